The first kappa shape index (κ1) is 10.1. The quantitative estimate of drug-likeness (QED) is 0.742. The average Bonchev–Trinajstić information content (AvgIpc) is 2.09. The fourth-order valence-electron chi connectivity index (χ4n) is 1.23. The molecule has 70 valence electrons. The summed E-state index contributed by atoms with van der Waals surface area (Å²) in [5.41, 5.74) is 2.97. The summed E-state index contributed by atoms with van der Waals surface area (Å²) in [5.74, 6) is -0.547. The molecular formula is C10H11ClO2. The highest BCUT2D eigenvalue weighted by molar-refractivity contribution is 6.17. The fourth-order valence-corrected chi connectivity index (χ4v) is 1.39. The third kappa shape index (κ3) is 2.01. The Bertz CT molecular complexity index is 345. The summed E-state index contributed by atoms with van der Waals surface area (Å²) in [6.07, 6.45) is 0. The van der Waals surface area contributed by atoms with Crippen LogP contribution in [0.2, 0.25) is 0 Å². The number of carboxylic acid groups (broad SMARTS) is 1. The molecule has 0 aliphatic heterocycles. The first-order valence-corrected chi connectivity index (χ1v) is 4.49. The van der Waals surface area contributed by atoms with E-state index >= 15 is 0 Å². The molecule has 0 aromatic heterocycles. The van der Waals surface area contributed by atoms with Crippen molar-refractivity contribution in [2.75, 3.05) is 0 Å². The number of carboxylic acids is 1. The molecule has 1 aromatic carbocycles. The van der Waals surface area contributed by atoms with E-state index in [2.05, 4.69) is 0 Å². The van der Waals surface area contributed by atoms with Crippen molar-refractivity contribution in [2.24, 2.45) is 0 Å². The summed E-state index contributed by atoms with van der Waals surface area (Å²) in [6.45, 7) is 3.69. The lowest BCUT2D eigenvalue weighted by Crippen LogP contribution is -2.02. The highest BCUT2D eigenvalue weighted by Crippen LogP contribution is 2.17. The molecule has 0 aliphatic rings. The summed E-state index contributed by atoms with van der Waals surface area (Å²) in [6, 6.07) is 3.53. The number of hydrogen-bond donors (Lipinski definition) is 1. The van der Waals surface area contributed by atoms with Crippen LogP contribution in [0.4, 0.5) is 0 Å². The summed E-state index contributed by atoms with van der Waals surface area (Å²) in [5, 5.41) is 8.87. The lowest BCUT2D eigenvalue weighted by Gasteiger charge is -2.06. The normalized spacial score (nSPS) is 10.1. The predicted octanol–water partition coefficient (Wildman–Crippen LogP) is 2.74. The van der Waals surface area contributed by atoms with Gasteiger partial charge >= 0.3 is 5.97 Å². The van der Waals surface area contributed by atoms with Crippen LogP contribution in [0.3, 0.4) is 0 Å². The van der Waals surface area contributed by atoms with Crippen LogP contribution in [0.5, 0.6) is 0 Å². The average molecular weight is 199 g/mol. The first-order valence-electron chi connectivity index (χ1n) is 3.95. The molecule has 0 radical (unpaired) electrons. The van der Waals surface area contributed by atoms with Gasteiger partial charge in [-0.15, -0.1) is 11.6 Å². The lowest BCUT2D eigenvalue weighted by atomic mass is 10.0. The zero-order valence-electron chi connectivity index (χ0n) is 7.60. The van der Waals surface area contributed by atoms with Gasteiger partial charge in [-0.25, -0.2) is 4.79 Å². The minimum Gasteiger partial charge on any atom is -0.478 e. The number of rotatable bonds is 2. The second-order valence-corrected chi connectivity index (χ2v) is 3.29. The summed E-state index contributed by atoms with van der Waals surface area (Å²) >= 11 is 5.63. The highest BCUT2D eigenvalue weighted by atomic mass is 35.5. The summed E-state index contributed by atoms with van der Waals surface area (Å²) < 4.78 is 0. The van der Waals surface area contributed by atoms with Gasteiger partial charge in [0.15, 0.2) is 0 Å². The third-order valence-electron chi connectivity index (χ3n) is 2.11. The minimum absolute atomic E-state index is 0.343. The molecule has 1 aromatic rings. The number of halogens is 1. The Hall–Kier alpha value is -1.02. The summed E-state index contributed by atoms with van der Waals surface area (Å²) in [7, 11) is 0. The van der Waals surface area contributed by atoms with Crippen LogP contribution in [0.15, 0.2) is 12.1 Å². The molecule has 13 heavy (non-hydrogen) atoms. The molecular weight excluding hydrogens is 188 g/mol. The largest absolute Gasteiger partial charge is 0.478 e. The highest BCUT2D eigenvalue weighted by Gasteiger charge is 2.09. The molecule has 0 bridgehead atoms. The molecule has 0 saturated heterocycles. The number of benzene rings is 1. The van der Waals surface area contributed by atoms with Crippen LogP contribution in [-0.4, -0.2) is 11.1 Å². The zero-order chi connectivity index (χ0) is 10.0. The van der Waals surface area contributed by atoms with Crippen molar-refractivity contribution in [3.8, 4) is 0 Å². The maximum absolute atomic E-state index is 10.8. The Morgan fingerprint density at radius 2 is 2.08 bits per heavy atom. The van der Waals surface area contributed by atoms with E-state index in [4.69, 9.17) is 16.7 Å². The minimum atomic E-state index is -0.896. The van der Waals surface area contributed by atoms with E-state index in [1.807, 2.05) is 13.0 Å². The molecule has 0 fully saturated rings. The van der Waals surface area contributed by atoms with Gasteiger partial charge in [0.25, 0.3) is 0 Å². The van der Waals surface area contributed by atoms with Crippen LogP contribution in [0, 0.1) is 13.8 Å². The molecule has 0 amide bonds. The second kappa shape index (κ2) is 3.79. The monoisotopic (exact) mass is 198 g/mol. The number of alkyl halides is 1. The molecule has 0 spiro atoms. The van der Waals surface area contributed by atoms with Crippen LogP contribution >= 0.6 is 11.6 Å². The Morgan fingerprint density at radius 1 is 1.46 bits per heavy atom. The van der Waals surface area contributed by atoms with Gasteiger partial charge < -0.3 is 5.11 Å². The number of hydrogen-bond acceptors (Lipinski definition) is 1. The number of aryl methyl sites for hydroxylation is 1. The molecule has 0 heterocycles. The molecule has 0 atom stereocenters. The van der Waals surface area contributed by atoms with Crippen molar-refractivity contribution < 1.29 is 9.90 Å². The van der Waals surface area contributed by atoms with E-state index in [9.17, 15) is 4.79 Å². The van der Waals surface area contributed by atoms with Gasteiger partial charge in [-0.2, -0.15) is 0 Å². The van der Waals surface area contributed by atoms with E-state index in [0.717, 1.165) is 16.7 Å². The molecule has 0 saturated carbocycles. The van der Waals surface area contributed by atoms with E-state index < -0.39 is 5.97 Å². The van der Waals surface area contributed by atoms with Crippen LogP contribution in [0.1, 0.15) is 27.0 Å². The van der Waals surface area contributed by atoms with Crippen molar-refractivity contribution in [3.63, 3.8) is 0 Å². The maximum atomic E-state index is 10.8. The Morgan fingerprint density at radius 3 is 2.54 bits per heavy atom. The predicted molar refractivity (Wildman–Crippen MR) is 52.4 cm³/mol. The SMILES string of the molecule is Cc1cc(CCl)cc(C(=O)O)c1C. The van der Waals surface area contributed by atoms with Crippen molar-refractivity contribution in [3.05, 3.63) is 34.4 Å². The Labute approximate surface area is 82.2 Å². The van der Waals surface area contributed by atoms with Crippen molar-refractivity contribution in [1.82, 2.24) is 0 Å². The Balaban J connectivity index is 3.33. The fraction of sp³-hybridized carbons (Fsp3) is 0.300. The maximum Gasteiger partial charge on any atom is 0.335 e. The second-order valence-electron chi connectivity index (χ2n) is 3.02. The molecule has 0 unspecified atom stereocenters. The molecule has 3 heteroatoms. The van der Waals surface area contributed by atoms with Crippen molar-refractivity contribution in [2.45, 2.75) is 19.7 Å². The summed E-state index contributed by atoms with van der Waals surface area (Å²) in [4.78, 5) is 10.8. The third-order valence-corrected chi connectivity index (χ3v) is 2.42. The van der Waals surface area contributed by atoms with Gasteiger partial charge in [0.1, 0.15) is 0 Å². The topological polar surface area (TPSA) is 37.3 Å². The van der Waals surface area contributed by atoms with Gasteiger partial charge in [-0.3, -0.25) is 0 Å². The van der Waals surface area contributed by atoms with Crippen molar-refractivity contribution in [1.29, 1.82) is 0 Å². The lowest BCUT2D eigenvalue weighted by molar-refractivity contribution is 0.0696. The molecule has 2 nitrogen and oxygen atoms in total. The van der Waals surface area contributed by atoms with Gasteiger partial charge in [0, 0.05) is 5.88 Å². The van der Waals surface area contributed by atoms with Crippen molar-refractivity contribution >= 4 is 17.6 Å². The van der Waals surface area contributed by atoms with Gasteiger partial charge in [-0.1, -0.05) is 6.07 Å². The van der Waals surface area contributed by atoms with Crippen LogP contribution in [-0.2, 0) is 5.88 Å². The molecule has 1 N–H and O–H groups in total. The van der Waals surface area contributed by atoms with Gasteiger partial charge in [0.2, 0.25) is 0 Å². The first-order chi connectivity index (χ1) is 6.06. The van der Waals surface area contributed by atoms with E-state index in [-0.39, 0.29) is 0 Å². The molecule has 1 rings (SSSR count). The van der Waals surface area contributed by atoms with E-state index in [1.54, 1.807) is 13.0 Å². The standard InChI is InChI=1S/C10H11ClO2/c1-6-3-8(5-11)4-9(7(6)2)10(12)13/h3-4H,5H2,1-2H3,(H,12,13). The molecule has 0 aliphatic carbocycles. The number of aromatic carboxylic acids is 1. The van der Waals surface area contributed by atoms with Gasteiger partial charge in [0.05, 0.1) is 5.56 Å². The van der Waals surface area contributed by atoms with E-state index in [0.29, 0.717) is 11.4 Å². The van der Waals surface area contributed by atoms with Crippen LogP contribution in [0.25, 0.3) is 0 Å². The van der Waals surface area contributed by atoms with Gasteiger partial charge in [-0.05, 0) is 36.6 Å². The van der Waals surface area contributed by atoms with Crippen LogP contribution < -0.4 is 0 Å². The number of carbonyl (C=O) groups is 1. The Kier molecular flexibility index (Phi) is 2.94. The zero-order valence-corrected chi connectivity index (χ0v) is 8.35. The smallest absolute Gasteiger partial charge is 0.335 e. The van der Waals surface area contributed by atoms with E-state index in [1.165, 1.54) is 0 Å².